The lowest BCUT2D eigenvalue weighted by Gasteiger charge is -1.97. The fourth-order valence-corrected chi connectivity index (χ4v) is 1.46. The van der Waals surface area contributed by atoms with E-state index in [0.29, 0.717) is 6.42 Å². The summed E-state index contributed by atoms with van der Waals surface area (Å²) in [6.07, 6.45) is 2.67. The number of nitrogens with one attached hydrogen (secondary N) is 2. The number of hydrogen-bond donors (Lipinski definition) is 3. The summed E-state index contributed by atoms with van der Waals surface area (Å²) in [5.41, 5.74) is 2.07. The van der Waals surface area contributed by atoms with E-state index in [2.05, 4.69) is 20.6 Å². The van der Waals surface area contributed by atoms with E-state index in [9.17, 15) is 4.79 Å². The zero-order valence-corrected chi connectivity index (χ0v) is 7.80. The highest BCUT2D eigenvalue weighted by molar-refractivity contribution is 7.99. The first-order valence-corrected chi connectivity index (χ1v) is 4.79. The van der Waals surface area contributed by atoms with Gasteiger partial charge in [-0.2, -0.15) is 5.10 Å². The van der Waals surface area contributed by atoms with Crippen LogP contribution in [0.25, 0.3) is 0 Å². The van der Waals surface area contributed by atoms with Gasteiger partial charge in [0.15, 0.2) is 5.16 Å². The lowest BCUT2D eigenvalue weighted by atomic mass is 10.3. The van der Waals surface area contributed by atoms with Gasteiger partial charge in [-0.25, -0.2) is 10.8 Å². The highest BCUT2D eigenvalue weighted by Crippen LogP contribution is 2.12. The first-order valence-electron chi connectivity index (χ1n) is 3.80. The molecule has 1 aromatic heterocycles. The largest absolute Gasteiger partial charge is 0.294 e. The average Bonchev–Trinajstić information content (AvgIpc) is 2.64. The van der Waals surface area contributed by atoms with Crippen LogP contribution in [0.15, 0.2) is 11.5 Å². The van der Waals surface area contributed by atoms with E-state index in [-0.39, 0.29) is 5.91 Å². The number of rotatable bonds is 5. The molecule has 0 aliphatic rings. The third-order valence-corrected chi connectivity index (χ3v) is 2.30. The van der Waals surface area contributed by atoms with Crippen LogP contribution in [0.3, 0.4) is 0 Å². The van der Waals surface area contributed by atoms with E-state index in [1.807, 2.05) is 0 Å². The number of aromatic amines is 1. The molecule has 6 nitrogen and oxygen atoms in total. The minimum Gasteiger partial charge on any atom is -0.294 e. The number of nitrogens with zero attached hydrogens (tertiary/aromatic N) is 2. The first kappa shape index (κ1) is 10.0. The maximum absolute atomic E-state index is 10.7. The predicted octanol–water partition coefficient (Wildman–Crippen LogP) is -0.333. The van der Waals surface area contributed by atoms with Gasteiger partial charge in [0, 0.05) is 12.2 Å². The number of carbonyl (C=O) groups excluding carboxylic acids is 1. The summed E-state index contributed by atoms with van der Waals surface area (Å²) >= 11 is 1.53. The van der Waals surface area contributed by atoms with E-state index >= 15 is 0 Å². The molecular weight excluding hydrogens is 190 g/mol. The Morgan fingerprint density at radius 3 is 3.23 bits per heavy atom. The van der Waals surface area contributed by atoms with Gasteiger partial charge in [-0.1, -0.05) is 11.8 Å². The Hall–Kier alpha value is -1.08. The Balaban J connectivity index is 2.05. The number of aromatic nitrogens is 3. The molecule has 13 heavy (non-hydrogen) atoms. The molecule has 0 atom stereocenters. The summed E-state index contributed by atoms with van der Waals surface area (Å²) in [6.45, 7) is 0. The highest BCUT2D eigenvalue weighted by atomic mass is 32.2. The van der Waals surface area contributed by atoms with Crippen LogP contribution in [0.1, 0.15) is 12.8 Å². The Bertz CT molecular complexity index is 250. The minimum absolute atomic E-state index is 0.141. The zero-order valence-electron chi connectivity index (χ0n) is 6.99. The summed E-state index contributed by atoms with van der Waals surface area (Å²) < 4.78 is 0. The molecule has 0 saturated carbocycles. The molecule has 1 aromatic rings. The van der Waals surface area contributed by atoms with Crippen LogP contribution in [-0.2, 0) is 4.79 Å². The third-order valence-electron chi connectivity index (χ3n) is 1.34. The van der Waals surface area contributed by atoms with Crippen molar-refractivity contribution in [2.75, 3.05) is 5.75 Å². The van der Waals surface area contributed by atoms with E-state index < -0.39 is 0 Å². The Morgan fingerprint density at radius 2 is 2.62 bits per heavy atom. The second-order valence-corrected chi connectivity index (χ2v) is 3.39. The number of hydrogen-bond acceptors (Lipinski definition) is 5. The van der Waals surface area contributed by atoms with E-state index in [1.54, 1.807) is 0 Å². The molecule has 72 valence electrons. The molecular formula is C6H11N5OS. The lowest BCUT2D eigenvalue weighted by molar-refractivity contribution is -0.121. The van der Waals surface area contributed by atoms with Crippen LogP contribution in [0, 0.1) is 0 Å². The van der Waals surface area contributed by atoms with Crippen LogP contribution >= 0.6 is 11.8 Å². The van der Waals surface area contributed by atoms with Gasteiger partial charge in [0.2, 0.25) is 5.91 Å². The monoisotopic (exact) mass is 201 g/mol. The maximum Gasteiger partial charge on any atom is 0.233 e. The first-order chi connectivity index (χ1) is 6.33. The van der Waals surface area contributed by atoms with E-state index in [4.69, 9.17) is 5.84 Å². The molecule has 1 rings (SSSR count). The molecule has 1 heterocycles. The van der Waals surface area contributed by atoms with Crippen LogP contribution in [0.4, 0.5) is 0 Å². The summed E-state index contributed by atoms with van der Waals surface area (Å²) in [5.74, 6) is 5.60. The molecule has 0 aliphatic heterocycles. The molecule has 4 N–H and O–H groups in total. The SMILES string of the molecule is NNC(=O)CCCSc1ncn[nH]1. The van der Waals surface area contributed by atoms with Crippen LogP contribution in [-0.4, -0.2) is 26.8 Å². The fourth-order valence-electron chi connectivity index (χ4n) is 0.738. The smallest absolute Gasteiger partial charge is 0.233 e. The molecule has 0 bridgehead atoms. The normalized spacial score (nSPS) is 9.92. The fraction of sp³-hybridized carbons (Fsp3) is 0.500. The maximum atomic E-state index is 10.7. The van der Waals surface area contributed by atoms with Gasteiger partial charge in [-0.3, -0.25) is 15.3 Å². The third kappa shape index (κ3) is 3.90. The Kier molecular flexibility index (Phi) is 4.27. The molecule has 0 unspecified atom stereocenters. The van der Waals surface area contributed by atoms with Crippen LogP contribution < -0.4 is 11.3 Å². The second-order valence-electron chi connectivity index (χ2n) is 2.31. The van der Waals surface area contributed by atoms with Crippen molar-refractivity contribution >= 4 is 17.7 Å². The van der Waals surface area contributed by atoms with Gasteiger partial charge in [0.25, 0.3) is 0 Å². The van der Waals surface area contributed by atoms with Crippen molar-refractivity contribution in [3.8, 4) is 0 Å². The van der Waals surface area contributed by atoms with Gasteiger partial charge in [0.05, 0.1) is 0 Å². The topological polar surface area (TPSA) is 96.7 Å². The van der Waals surface area contributed by atoms with Gasteiger partial charge in [0.1, 0.15) is 6.33 Å². The summed E-state index contributed by atoms with van der Waals surface area (Å²) in [5, 5.41) is 7.18. The van der Waals surface area contributed by atoms with Crippen LogP contribution in [0.5, 0.6) is 0 Å². The highest BCUT2D eigenvalue weighted by Gasteiger charge is 1.99. The number of carbonyl (C=O) groups is 1. The molecule has 0 radical (unpaired) electrons. The van der Waals surface area contributed by atoms with Gasteiger partial charge < -0.3 is 0 Å². The Morgan fingerprint density at radius 1 is 1.77 bits per heavy atom. The molecule has 0 aromatic carbocycles. The predicted molar refractivity (Wildman–Crippen MR) is 48.7 cm³/mol. The summed E-state index contributed by atoms with van der Waals surface area (Å²) in [4.78, 5) is 14.6. The standard InChI is InChI=1S/C6H11N5OS/c7-10-5(12)2-1-3-13-6-8-4-9-11-6/h4H,1-3,7H2,(H,10,12)(H,8,9,11). The van der Waals surface area contributed by atoms with Crippen molar-refractivity contribution in [1.82, 2.24) is 20.6 Å². The van der Waals surface area contributed by atoms with Gasteiger partial charge >= 0.3 is 0 Å². The number of amides is 1. The lowest BCUT2D eigenvalue weighted by Crippen LogP contribution is -2.29. The molecule has 0 saturated heterocycles. The Labute approximate surface area is 79.7 Å². The van der Waals surface area contributed by atoms with Crippen molar-refractivity contribution in [3.05, 3.63) is 6.33 Å². The van der Waals surface area contributed by atoms with E-state index in [1.165, 1.54) is 18.1 Å². The summed E-state index contributed by atoms with van der Waals surface area (Å²) in [6, 6.07) is 0. The number of nitrogens with two attached hydrogens (primary N) is 1. The number of H-pyrrole nitrogens is 1. The number of thioether (sulfide) groups is 1. The molecule has 0 fully saturated rings. The van der Waals surface area contributed by atoms with Crippen molar-refractivity contribution in [1.29, 1.82) is 0 Å². The van der Waals surface area contributed by atoms with Gasteiger partial charge in [-0.05, 0) is 6.42 Å². The molecule has 7 heteroatoms. The minimum atomic E-state index is -0.141. The average molecular weight is 201 g/mol. The zero-order chi connectivity index (χ0) is 9.52. The van der Waals surface area contributed by atoms with Crippen molar-refractivity contribution in [3.63, 3.8) is 0 Å². The van der Waals surface area contributed by atoms with Crippen LogP contribution in [0.2, 0.25) is 0 Å². The number of hydrazine groups is 1. The quantitative estimate of drug-likeness (QED) is 0.199. The molecule has 0 spiro atoms. The second kappa shape index (κ2) is 5.55. The van der Waals surface area contributed by atoms with Crippen molar-refractivity contribution in [2.45, 2.75) is 18.0 Å². The van der Waals surface area contributed by atoms with Crippen molar-refractivity contribution in [2.24, 2.45) is 5.84 Å². The van der Waals surface area contributed by atoms with Gasteiger partial charge in [-0.15, -0.1) is 0 Å². The molecule has 1 amide bonds. The molecule has 0 aliphatic carbocycles. The summed E-state index contributed by atoms with van der Waals surface area (Å²) in [7, 11) is 0. The van der Waals surface area contributed by atoms with E-state index in [0.717, 1.165) is 17.3 Å². The van der Waals surface area contributed by atoms with Crippen molar-refractivity contribution < 1.29 is 4.79 Å².